The van der Waals surface area contributed by atoms with E-state index in [-0.39, 0.29) is 17.5 Å². The summed E-state index contributed by atoms with van der Waals surface area (Å²) in [6, 6.07) is 15.8. The van der Waals surface area contributed by atoms with E-state index >= 15 is 0 Å². The highest BCUT2D eigenvalue weighted by Gasteiger charge is 2.18. The van der Waals surface area contributed by atoms with E-state index in [0.717, 1.165) is 16.8 Å². The first kappa shape index (κ1) is 19.1. The van der Waals surface area contributed by atoms with E-state index in [0.29, 0.717) is 29.9 Å². The van der Waals surface area contributed by atoms with Crippen molar-refractivity contribution in [2.45, 2.75) is 13.0 Å². The third kappa shape index (κ3) is 4.12. The van der Waals surface area contributed by atoms with Crippen LogP contribution in [0.5, 0.6) is 0 Å². The Morgan fingerprint density at radius 1 is 1.10 bits per heavy atom. The van der Waals surface area contributed by atoms with Crippen LogP contribution >= 0.6 is 0 Å². The Kier molecular flexibility index (Phi) is 5.13. The largest absolute Gasteiger partial charge is 0.380 e. The molecule has 1 aromatic heterocycles. The maximum absolute atomic E-state index is 12.8. The molecule has 0 saturated carbocycles. The fourth-order valence-corrected chi connectivity index (χ4v) is 3.26. The molecular weight excluding hydrogens is 382 g/mol. The number of nitrogens with two attached hydrogens (primary N) is 1. The lowest BCUT2D eigenvalue weighted by Crippen LogP contribution is -2.15. The van der Waals surface area contributed by atoms with Crippen molar-refractivity contribution in [1.29, 1.82) is 0 Å². The molecule has 4 rings (SSSR count). The van der Waals surface area contributed by atoms with Crippen LogP contribution in [-0.4, -0.2) is 22.7 Å². The Labute approximate surface area is 172 Å². The van der Waals surface area contributed by atoms with Crippen molar-refractivity contribution in [1.82, 2.24) is 4.98 Å². The molecule has 0 radical (unpaired) electrons. The van der Waals surface area contributed by atoms with E-state index < -0.39 is 5.91 Å². The van der Waals surface area contributed by atoms with Crippen LogP contribution in [0.4, 0.5) is 17.1 Å². The number of benzene rings is 2. The molecule has 5 N–H and O–H groups in total. The Balaban J connectivity index is 1.48. The van der Waals surface area contributed by atoms with Gasteiger partial charge in [0.25, 0.3) is 11.8 Å². The Hall–Kier alpha value is -4.20. The van der Waals surface area contributed by atoms with Crippen molar-refractivity contribution in [2.75, 3.05) is 16.0 Å². The zero-order valence-corrected chi connectivity index (χ0v) is 15.9. The summed E-state index contributed by atoms with van der Waals surface area (Å²) in [5, 5.41) is 8.86. The van der Waals surface area contributed by atoms with Gasteiger partial charge in [0.05, 0.1) is 12.0 Å². The second kappa shape index (κ2) is 8.04. The molecule has 2 heterocycles. The van der Waals surface area contributed by atoms with Crippen molar-refractivity contribution >= 4 is 34.8 Å². The first-order valence-corrected chi connectivity index (χ1v) is 9.31. The summed E-state index contributed by atoms with van der Waals surface area (Å²) in [6.07, 6.45) is 1.82. The van der Waals surface area contributed by atoms with Crippen LogP contribution in [0.15, 0.2) is 60.8 Å². The van der Waals surface area contributed by atoms with E-state index in [4.69, 9.17) is 5.73 Å². The summed E-state index contributed by atoms with van der Waals surface area (Å²) in [4.78, 5) is 39.6. The van der Waals surface area contributed by atoms with Crippen LogP contribution in [0.3, 0.4) is 0 Å². The predicted octanol–water partition coefficient (Wildman–Crippen LogP) is 2.54. The third-order valence-corrected chi connectivity index (χ3v) is 4.72. The molecule has 1 aliphatic rings. The number of carbonyl (C=O) groups excluding carboxylic acids is 3. The molecule has 0 spiro atoms. The van der Waals surface area contributed by atoms with Crippen molar-refractivity contribution in [3.8, 4) is 0 Å². The molecule has 3 amide bonds. The van der Waals surface area contributed by atoms with Gasteiger partial charge in [-0.1, -0.05) is 12.1 Å². The summed E-state index contributed by atoms with van der Waals surface area (Å²) in [5.74, 6) is -0.926. The molecule has 1 aliphatic heterocycles. The molecule has 0 fully saturated rings. The van der Waals surface area contributed by atoms with Gasteiger partial charge < -0.3 is 21.7 Å². The molecule has 30 heavy (non-hydrogen) atoms. The molecule has 0 atom stereocenters. The van der Waals surface area contributed by atoms with Crippen LogP contribution in [0, 0.1) is 0 Å². The highest BCUT2D eigenvalue weighted by Crippen LogP contribution is 2.27. The van der Waals surface area contributed by atoms with Crippen LogP contribution < -0.4 is 21.7 Å². The monoisotopic (exact) mass is 401 g/mol. The number of primary amides is 1. The Morgan fingerprint density at radius 2 is 1.93 bits per heavy atom. The number of aromatic nitrogens is 1. The number of pyridine rings is 1. The van der Waals surface area contributed by atoms with Gasteiger partial charge in [0, 0.05) is 29.8 Å². The maximum Gasteiger partial charge on any atom is 0.267 e. The summed E-state index contributed by atoms with van der Waals surface area (Å²) in [7, 11) is 0. The van der Waals surface area contributed by atoms with E-state index in [1.165, 1.54) is 6.20 Å². The topological polar surface area (TPSA) is 126 Å². The quantitative estimate of drug-likeness (QED) is 0.505. The predicted molar refractivity (Wildman–Crippen MR) is 113 cm³/mol. The van der Waals surface area contributed by atoms with Gasteiger partial charge >= 0.3 is 0 Å². The molecular formula is C22H19N5O3. The molecule has 3 aromatic rings. The van der Waals surface area contributed by atoms with E-state index in [1.807, 2.05) is 6.07 Å². The second-order valence-corrected chi connectivity index (χ2v) is 6.86. The lowest BCUT2D eigenvalue weighted by atomic mass is 10.1. The van der Waals surface area contributed by atoms with Gasteiger partial charge in [0.1, 0.15) is 5.69 Å². The number of anilines is 3. The van der Waals surface area contributed by atoms with Crippen molar-refractivity contribution < 1.29 is 14.4 Å². The molecule has 0 bridgehead atoms. The summed E-state index contributed by atoms with van der Waals surface area (Å²) in [6.45, 7) is 0.389. The Morgan fingerprint density at radius 3 is 2.77 bits per heavy atom. The summed E-state index contributed by atoms with van der Waals surface area (Å²) < 4.78 is 0. The van der Waals surface area contributed by atoms with Crippen LogP contribution in [0.2, 0.25) is 0 Å². The lowest BCUT2D eigenvalue weighted by molar-refractivity contribution is -0.115. The smallest absolute Gasteiger partial charge is 0.267 e. The average molecular weight is 401 g/mol. The molecule has 8 heteroatoms. The minimum atomic E-state index is -0.595. The number of nitrogens with one attached hydrogen (secondary N) is 3. The zero-order valence-electron chi connectivity index (χ0n) is 15.9. The first-order chi connectivity index (χ1) is 14.5. The molecule has 0 aliphatic carbocycles. The minimum absolute atomic E-state index is 0.0568. The maximum atomic E-state index is 12.8. The molecule has 150 valence electrons. The van der Waals surface area contributed by atoms with Gasteiger partial charge in [-0.15, -0.1) is 0 Å². The van der Waals surface area contributed by atoms with Crippen molar-refractivity contribution in [3.05, 3.63) is 83.2 Å². The van der Waals surface area contributed by atoms with Crippen LogP contribution in [-0.2, 0) is 17.8 Å². The fourth-order valence-electron chi connectivity index (χ4n) is 3.26. The van der Waals surface area contributed by atoms with Gasteiger partial charge in [-0.2, -0.15) is 0 Å². The van der Waals surface area contributed by atoms with Crippen LogP contribution in [0.1, 0.15) is 32.0 Å². The number of hydrogen-bond donors (Lipinski definition) is 4. The second-order valence-electron chi connectivity index (χ2n) is 6.86. The van der Waals surface area contributed by atoms with Gasteiger partial charge in [0.15, 0.2) is 0 Å². The fraction of sp³-hybridized carbons (Fsp3) is 0.0909. The van der Waals surface area contributed by atoms with Crippen LogP contribution in [0.25, 0.3) is 0 Å². The first-order valence-electron chi connectivity index (χ1n) is 9.31. The van der Waals surface area contributed by atoms with Crippen molar-refractivity contribution in [3.63, 3.8) is 0 Å². The summed E-state index contributed by atoms with van der Waals surface area (Å²) in [5.41, 5.74) is 9.62. The normalized spacial score (nSPS) is 12.1. The van der Waals surface area contributed by atoms with Gasteiger partial charge in [0.2, 0.25) is 5.91 Å². The summed E-state index contributed by atoms with van der Waals surface area (Å²) >= 11 is 0. The lowest BCUT2D eigenvalue weighted by Gasteiger charge is -2.13. The van der Waals surface area contributed by atoms with Crippen molar-refractivity contribution in [2.24, 2.45) is 5.73 Å². The van der Waals surface area contributed by atoms with Gasteiger partial charge in [-0.25, -0.2) is 0 Å². The van der Waals surface area contributed by atoms with E-state index in [9.17, 15) is 14.4 Å². The highest BCUT2D eigenvalue weighted by molar-refractivity contribution is 6.08. The number of nitrogens with zero attached hydrogens (tertiary/aromatic N) is 1. The number of rotatable bonds is 6. The minimum Gasteiger partial charge on any atom is -0.380 e. The number of carbonyl (C=O) groups is 3. The molecule has 2 aromatic carbocycles. The van der Waals surface area contributed by atoms with E-state index in [2.05, 4.69) is 20.9 Å². The number of hydrogen-bond acceptors (Lipinski definition) is 5. The SMILES string of the molecule is NC(=O)c1cc(CNc2ccccc2C(=O)Nc2ccc3c(c2)CC(=O)N3)ccn1. The van der Waals surface area contributed by atoms with Gasteiger partial charge in [-0.05, 0) is 53.6 Å². The Bertz CT molecular complexity index is 1160. The van der Waals surface area contributed by atoms with Gasteiger partial charge in [-0.3, -0.25) is 19.4 Å². The number of para-hydroxylation sites is 1. The highest BCUT2D eigenvalue weighted by atomic mass is 16.2. The molecule has 0 unspecified atom stereocenters. The number of fused-ring (bicyclic) bond motifs is 1. The number of amides is 3. The standard InChI is InChI=1S/C22H19N5O3/c23-21(29)19-9-13(7-8-24-19)12-25-18-4-2-1-3-16(18)22(30)26-15-5-6-17-14(10-15)11-20(28)27-17/h1-10,25H,11-12H2,(H2,23,29)(H,26,30)(H,27,28). The zero-order chi connectivity index (χ0) is 21.1. The molecule has 0 saturated heterocycles. The third-order valence-electron chi connectivity index (χ3n) is 4.72. The molecule has 8 nitrogen and oxygen atoms in total. The average Bonchev–Trinajstić information content (AvgIpc) is 3.12. The van der Waals surface area contributed by atoms with E-state index in [1.54, 1.807) is 48.5 Å².